The zero-order chi connectivity index (χ0) is 15.0. The standard InChI is InChI=1S/C13H8ClNO6/c14-8-3-6(10-4-9(13(17)18)15-21-10)11-12(7(8)5-16)20-2-1-19-11/h3-5H,1-2H2,(H,17,18). The Hall–Kier alpha value is -2.54. The van der Waals surface area contributed by atoms with E-state index in [-0.39, 0.29) is 40.1 Å². The smallest absolute Gasteiger partial charge is 0.358 e. The number of carbonyl (C=O) groups is 2. The molecule has 2 aromatic rings. The molecule has 0 radical (unpaired) electrons. The van der Waals surface area contributed by atoms with Crippen molar-refractivity contribution in [2.75, 3.05) is 13.2 Å². The number of rotatable bonds is 3. The van der Waals surface area contributed by atoms with Crippen molar-refractivity contribution in [3.8, 4) is 22.8 Å². The number of aromatic carboxylic acids is 1. The maximum atomic E-state index is 11.1. The molecule has 1 aliphatic heterocycles. The molecule has 0 spiro atoms. The summed E-state index contributed by atoms with van der Waals surface area (Å²) in [6.07, 6.45) is 0.572. The minimum absolute atomic E-state index is 0.150. The Labute approximate surface area is 123 Å². The van der Waals surface area contributed by atoms with Crippen LogP contribution in [0.5, 0.6) is 11.5 Å². The van der Waals surface area contributed by atoms with Crippen LogP contribution in [-0.4, -0.2) is 35.7 Å². The largest absolute Gasteiger partial charge is 0.485 e. The van der Waals surface area contributed by atoms with E-state index in [0.717, 1.165) is 0 Å². The monoisotopic (exact) mass is 309 g/mol. The third kappa shape index (κ3) is 2.21. The molecule has 108 valence electrons. The zero-order valence-electron chi connectivity index (χ0n) is 10.5. The fraction of sp³-hybridized carbons (Fsp3) is 0.154. The number of hydrogen-bond donors (Lipinski definition) is 1. The van der Waals surface area contributed by atoms with Crippen LogP contribution in [0.1, 0.15) is 20.8 Å². The van der Waals surface area contributed by atoms with Gasteiger partial charge in [-0.05, 0) is 6.07 Å². The fourth-order valence-corrected chi connectivity index (χ4v) is 2.23. The van der Waals surface area contributed by atoms with Crippen molar-refractivity contribution in [2.24, 2.45) is 0 Å². The lowest BCUT2D eigenvalue weighted by molar-refractivity contribution is 0.0685. The fourth-order valence-electron chi connectivity index (χ4n) is 1.99. The Morgan fingerprint density at radius 1 is 1.29 bits per heavy atom. The number of carboxylic acid groups (broad SMARTS) is 1. The third-order valence-corrected chi connectivity index (χ3v) is 3.23. The molecule has 0 saturated carbocycles. The van der Waals surface area contributed by atoms with Gasteiger partial charge in [0.2, 0.25) is 0 Å². The van der Waals surface area contributed by atoms with E-state index in [1.165, 1.54) is 12.1 Å². The van der Waals surface area contributed by atoms with Gasteiger partial charge in [-0.25, -0.2) is 4.79 Å². The van der Waals surface area contributed by atoms with E-state index in [0.29, 0.717) is 18.5 Å². The van der Waals surface area contributed by atoms with E-state index in [9.17, 15) is 9.59 Å². The van der Waals surface area contributed by atoms with Crippen molar-refractivity contribution in [2.45, 2.75) is 0 Å². The lowest BCUT2D eigenvalue weighted by Gasteiger charge is -2.22. The van der Waals surface area contributed by atoms with Crippen LogP contribution in [-0.2, 0) is 0 Å². The Balaban J connectivity index is 2.20. The van der Waals surface area contributed by atoms with Crippen LogP contribution in [0.4, 0.5) is 0 Å². The van der Waals surface area contributed by atoms with Gasteiger partial charge in [0.1, 0.15) is 13.2 Å². The summed E-state index contributed by atoms with van der Waals surface area (Å²) in [5.74, 6) is -0.562. The first-order valence-corrected chi connectivity index (χ1v) is 6.27. The molecule has 0 atom stereocenters. The van der Waals surface area contributed by atoms with Gasteiger partial charge in [0.15, 0.2) is 29.2 Å². The van der Waals surface area contributed by atoms with Gasteiger partial charge in [-0.15, -0.1) is 0 Å². The summed E-state index contributed by atoms with van der Waals surface area (Å²) in [6.45, 7) is 0.574. The highest BCUT2D eigenvalue weighted by Crippen LogP contribution is 2.45. The number of benzene rings is 1. The molecule has 1 N–H and O–H groups in total. The lowest BCUT2D eigenvalue weighted by Crippen LogP contribution is -2.17. The SMILES string of the molecule is O=Cc1c(Cl)cc(-c2cc(C(=O)O)no2)c2c1OCCO2. The van der Waals surface area contributed by atoms with Crippen molar-refractivity contribution in [3.05, 3.63) is 28.4 Å². The van der Waals surface area contributed by atoms with Gasteiger partial charge in [0, 0.05) is 6.07 Å². The molecule has 0 saturated heterocycles. The number of halogens is 1. The van der Waals surface area contributed by atoms with Gasteiger partial charge in [-0.3, -0.25) is 4.79 Å². The second-order valence-electron chi connectivity index (χ2n) is 4.17. The van der Waals surface area contributed by atoms with Gasteiger partial charge < -0.3 is 19.1 Å². The Kier molecular flexibility index (Phi) is 3.26. The molecule has 2 heterocycles. The van der Waals surface area contributed by atoms with Crippen LogP contribution < -0.4 is 9.47 Å². The number of fused-ring (bicyclic) bond motifs is 1. The molecule has 1 aromatic heterocycles. The number of ether oxygens (including phenoxy) is 2. The minimum atomic E-state index is -1.22. The second kappa shape index (κ2) is 5.10. The maximum absolute atomic E-state index is 11.1. The predicted molar refractivity (Wildman–Crippen MR) is 70.3 cm³/mol. The predicted octanol–water partition coefficient (Wildman–Crippen LogP) is 2.28. The first kappa shape index (κ1) is 13.4. The Bertz CT molecular complexity index is 739. The highest BCUT2D eigenvalue weighted by molar-refractivity contribution is 6.33. The highest BCUT2D eigenvalue weighted by atomic mass is 35.5. The number of carboxylic acids is 1. The average Bonchev–Trinajstić information content (AvgIpc) is 2.96. The minimum Gasteiger partial charge on any atom is -0.485 e. The third-order valence-electron chi connectivity index (χ3n) is 2.91. The molecular formula is C13H8ClNO6. The van der Waals surface area contributed by atoms with E-state index in [4.69, 9.17) is 30.7 Å². The second-order valence-corrected chi connectivity index (χ2v) is 4.58. The number of carbonyl (C=O) groups excluding carboxylic acids is 1. The summed E-state index contributed by atoms with van der Waals surface area (Å²) < 4.78 is 15.9. The van der Waals surface area contributed by atoms with Crippen LogP contribution in [0, 0.1) is 0 Å². The first-order valence-electron chi connectivity index (χ1n) is 5.89. The molecule has 0 unspecified atom stereocenters. The van der Waals surface area contributed by atoms with Crippen molar-refractivity contribution in [1.82, 2.24) is 5.16 Å². The molecule has 0 bridgehead atoms. The quantitative estimate of drug-likeness (QED) is 0.868. The Morgan fingerprint density at radius 2 is 2.00 bits per heavy atom. The van der Waals surface area contributed by atoms with E-state index in [1.54, 1.807) is 0 Å². The number of nitrogens with zero attached hydrogens (tertiary/aromatic N) is 1. The van der Waals surface area contributed by atoms with E-state index in [2.05, 4.69) is 5.16 Å². The molecule has 7 nitrogen and oxygen atoms in total. The number of hydrogen-bond acceptors (Lipinski definition) is 6. The molecule has 0 amide bonds. The van der Waals surface area contributed by atoms with Gasteiger partial charge in [0.25, 0.3) is 0 Å². The maximum Gasteiger partial charge on any atom is 0.358 e. The normalized spacial score (nSPS) is 13.0. The molecule has 1 aromatic carbocycles. The van der Waals surface area contributed by atoms with Crippen molar-refractivity contribution in [1.29, 1.82) is 0 Å². The molecule has 0 aliphatic carbocycles. The van der Waals surface area contributed by atoms with Crippen LogP contribution in [0.25, 0.3) is 11.3 Å². The summed E-state index contributed by atoms with van der Waals surface area (Å²) in [5, 5.41) is 12.4. The molecule has 21 heavy (non-hydrogen) atoms. The van der Waals surface area contributed by atoms with E-state index in [1.807, 2.05) is 0 Å². The van der Waals surface area contributed by atoms with Gasteiger partial charge >= 0.3 is 5.97 Å². The molecule has 0 fully saturated rings. The van der Waals surface area contributed by atoms with Crippen LogP contribution in [0.2, 0.25) is 5.02 Å². The molecule has 8 heteroatoms. The lowest BCUT2D eigenvalue weighted by atomic mass is 10.1. The van der Waals surface area contributed by atoms with Crippen LogP contribution >= 0.6 is 11.6 Å². The van der Waals surface area contributed by atoms with Gasteiger partial charge in [-0.2, -0.15) is 0 Å². The van der Waals surface area contributed by atoms with Crippen molar-refractivity contribution >= 4 is 23.9 Å². The average molecular weight is 310 g/mol. The number of aromatic nitrogens is 1. The summed E-state index contributed by atoms with van der Waals surface area (Å²) in [7, 11) is 0. The number of aldehydes is 1. The van der Waals surface area contributed by atoms with E-state index < -0.39 is 5.97 Å². The summed E-state index contributed by atoms with van der Waals surface area (Å²) in [5.41, 5.74) is 0.305. The first-order chi connectivity index (χ1) is 10.1. The topological polar surface area (TPSA) is 98.9 Å². The van der Waals surface area contributed by atoms with Gasteiger partial charge in [0.05, 0.1) is 16.1 Å². The summed E-state index contributed by atoms with van der Waals surface area (Å²) >= 11 is 6.04. The van der Waals surface area contributed by atoms with Gasteiger partial charge in [-0.1, -0.05) is 16.8 Å². The zero-order valence-corrected chi connectivity index (χ0v) is 11.2. The summed E-state index contributed by atoms with van der Waals surface area (Å²) in [4.78, 5) is 22.0. The molecular weight excluding hydrogens is 302 g/mol. The Morgan fingerprint density at radius 3 is 2.62 bits per heavy atom. The van der Waals surface area contributed by atoms with E-state index >= 15 is 0 Å². The summed E-state index contributed by atoms with van der Waals surface area (Å²) in [6, 6.07) is 2.69. The molecule has 1 aliphatic rings. The molecule has 3 rings (SSSR count). The van der Waals surface area contributed by atoms with Crippen molar-refractivity contribution in [3.63, 3.8) is 0 Å². The van der Waals surface area contributed by atoms with Crippen molar-refractivity contribution < 1.29 is 28.7 Å². The van der Waals surface area contributed by atoms with Crippen LogP contribution in [0.15, 0.2) is 16.7 Å². The van der Waals surface area contributed by atoms with Crippen LogP contribution in [0.3, 0.4) is 0 Å². The highest BCUT2D eigenvalue weighted by Gasteiger charge is 2.26.